The van der Waals surface area contributed by atoms with E-state index in [9.17, 15) is 19.2 Å². The van der Waals surface area contributed by atoms with E-state index in [0.717, 1.165) is 78.0 Å². The number of likely N-dealkylation sites (tertiary alicyclic amines) is 1. The number of aromatic nitrogens is 2. The van der Waals surface area contributed by atoms with Gasteiger partial charge in [0.15, 0.2) is 5.43 Å². The van der Waals surface area contributed by atoms with Crippen LogP contribution in [0.1, 0.15) is 104 Å². The molecule has 3 aromatic rings. The van der Waals surface area contributed by atoms with Crippen LogP contribution in [-0.2, 0) is 19.1 Å². The highest BCUT2D eigenvalue weighted by molar-refractivity contribution is 7.98. The lowest BCUT2D eigenvalue weighted by atomic mass is 10.1. The van der Waals surface area contributed by atoms with Crippen LogP contribution in [0.2, 0.25) is 0 Å². The molecule has 6 rings (SSSR count). The van der Waals surface area contributed by atoms with Crippen LogP contribution < -0.4 is 20.2 Å². The molecule has 1 unspecified atom stereocenters. The third-order valence-corrected chi connectivity index (χ3v) is 10.6. The van der Waals surface area contributed by atoms with Crippen LogP contribution in [0.25, 0.3) is 21.6 Å². The SMILES string of the molecule is C=CCCCCO[C@H](C)C(=O)N1CCCC1C.CC(=O)NSC1CC1.COc1ccc2c(=O)cc(-c3nc(C(C)C)cs3)[nH]c2c1.O=CNC1CC1. The number of carbonyl (C=O) groups is 3. The minimum Gasteiger partial charge on any atom is -0.497 e. The highest BCUT2D eigenvalue weighted by Crippen LogP contribution is 2.31. The number of benzene rings is 1. The van der Waals surface area contributed by atoms with Crippen LogP contribution in [0, 0.1) is 0 Å². The molecule has 3 amide bonds. The Hall–Kier alpha value is -3.68. The second-order valence-corrected chi connectivity index (χ2v) is 15.5. The average molecular weight is 756 g/mol. The number of ether oxygens (including phenoxy) is 2. The van der Waals surface area contributed by atoms with Crippen molar-refractivity contribution in [1.29, 1.82) is 0 Å². The molecule has 2 saturated carbocycles. The first kappa shape index (κ1) is 42.7. The second kappa shape index (κ2) is 22.4. The van der Waals surface area contributed by atoms with Crippen molar-refractivity contribution in [2.24, 2.45) is 0 Å². The number of thiazole rings is 1. The lowest BCUT2D eigenvalue weighted by molar-refractivity contribution is -0.143. The molecule has 3 aliphatic rings. The Morgan fingerprint density at radius 1 is 1.15 bits per heavy atom. The fourth-order valence-corrected chi connectivity index (χ4v) is 6.72. The number of allylic oxidation sites excluding steroid dienone is 1. The Labute approximate surface area is 316 Å². The maximum atomic E-state index is 12.2. The first-order valence-electron chi connectivity index (χ1n) is 18.3. The zero-order valence-corrected chi connectivity index (χ0v) is 33.2. The molecule has 3 fully saturated rings. The summed E-state index contributed by atoms with van der Waals surface area (Å²) in [5.41, 5.74) is 2.54. The minimum atomic E-state index is -0.292. The molecule has 2 atom stereocenters. The fourth-order valence-electron chi connectivity index (χ4n) is 5.06. The number of aromatic amines is 1. The predicted molar refractivity (Wildman–Crippen MR) is 213 cm³/mol. The lowest BCUT2D eigenvalue weighted by Crippen LogP contribution is -2.41. The molecule has 11 nitrogen and oxygen atoms in total. The fraction of sp³-hybridized carbons (Fsp3) is 0.564. The van der Waals surface area contributed by atoms with Crippen LogP contribution in [0.5, 0.6) is 5.75 Å². The summed E-state index contributed by atoms with van der Waals surface area (Å²) in [5, 5.41) is 6.88. The molecule has 286 valence electrons. The Bertz CT molecular complexity index is 1630. The number of nitrogens with zero attached hydrogens (tertiary/aromatic N) is 2. The van der Waals surface area contributed by atoms with Crippen LogP contribution >= 0.6 is 23.3 Å². The number of nitrogens with one attached hydrogen (secondary N) is 3. The Kier molecular flexibility index (Phi) is 18.4. The number of carbonyl (C=O) groups excluding carboxylic acids is 3. The Morgan fingerprint density at radius 2 is 1.90 bits per heavy atom. The molecular weight excluding hydrogens is 699 g/mol. The molecule has 1 aliphatic heterocycles. The van der Waals surface area contributed by atoms with Gasteiger partial charge in [-0.15, -0.1) is 17.9 Å². The summed E-state index contributed by atoms with van der Waals surface area (Å²) in [4.78, 5) is 53.9. The third-order valence-electron chi connectivity index (χ3n) is 8.51. The van der Waals surface area contributed by atoms with Gasteiger partial charge in [-0.25, -0.2) is 4.98 Å². The molecule has 2 aliphatic carbocycles. The van der Waals surface area contributed by atoms with Gasteiger partial charge in [-0.05, 0) is 102 Å². The van der Waals surface area contributed by atoms with Gasteiger partial charge in [0, 0.05) is 60.3 Å². The zero-order chi connectivity index (χ0) is 38.0. The molecule has 1 aromatic carbocycles. The maximum Gasteiger partial charge on any atom is 0.251 e. The van der Waals surface area contributed by atoms with Crippen molar-refractivity contribution in [2.45, 2.75) is 122 Å². The summed E-state index contributed by atoms with van der Waals surface area (Å²) >= 11 is 3.10. The number of unbranched alkanes of at least 4 members (excludes halogenated alkanes) is 2. The maximum absolute atomic E-state index is 12.2. The lowest BCUT2D eigenvalue weighted by Gasteiger charge is -2.25. The summed E-state index contributed by atoms with van der Waals surface area (Å²) in [7, 11) is 1.61. The predicted octanol–water partition coefficient (Wildman–Crippen LogP) is 7.37. The summed E-state index contributed by atoms with van der Waals surface area (Å²) in [6.07, 6.45) is 12.6. The molecule has 1 saturated heterocycles. The minimum absolute atomic E-state index is 0.0114. The number of H-pyrrole nitrogens is 1. The first-order valence-corrected chi connectivity index (χ1v) is 20.0. The highest BCUT2D eigenvalue weighted by Gasteiger charge is 2.28. The van der Waals surface area contributed by atoms with E-state index < -0.39 is 0 Å². The standard InChI is InChI=1S/C16H16N2O2S.C14H25NO2.C5H9NOS.C4H7NO/c1-9(2)14-8-21-16(18-14)13-7-15(19)11-5-4-10(20-3)6-12(11)17-13;1-4-5-6-7-11-17-13(3)14(16)15-10-8-9-12(15)2;1-4(7)6-8-5-2-3-5;6-3-5-4-1-2-4/h4-9H,1-3H3,(H,17,19);4,12-13H,1,5-11H2,2-3H3;5H,2-3H2,1H3,(H,6,7);3-4H,1-2H2,(H,5,6)/t;12?,13-;;/m.1../s1. The van der Waals surface area contributed by atoms with Crippen molar-refractivity contribution in [1.82, 2.24) is 24.9 Å². The summed E-state index contributed by atoms with van der Waals surface area (Å²) < 4.78 is 13.5. The topological polar surface area (TPSA) is 143 Å². The molecule has 52 heavy (non-hydrogen) atoms. The van der Waals surface area contributed by atoms with Gasteiger partial charge in [0.25, 0.3) is 5.91 Å². The molecular formula is C39H57N5O6S2. The van der Waals surface area contributed by atoms with Gasteiger partial charge < -0.3 is 29.4 Å². The van der Waals surface area contributed by atoms with Gasteiger partial charge >= 0.3 is 0 Å². The monoisotopic (exact) mass is 755 g/mol. The van der Waals surface area contributed by atoms with Gasteiger partial charge in [0.05, 0.1) is 24.0 Å². The summed E-state index contributed by atoms with van der Waals surface area (Å²) in [6.45, 7) is 15.0. The van der Waals surface area contributed by atoms with Gasteiger partial charge in [-0.2, -0.15) is 0 Å². The molecule has 0 bridgehead atoms. The van der Waals surface area contributed by atoms with Crippen molar-refractivity contribution in [2.75, 3.05) is 20.3 Å². The number of fused-ring (bicyclic) bond motifs is 1. The van der Waals surface area contributed by atoms with E-state index in [1.165, 1.54) is 32.6 Å². The number of methoxy groups -OCH3 is 1. The smallest absolute Gasteiger partial charge is 0.251 e. The average Bonchev–Trinajstić information content (AvgIpc) is 4.04. The van der Waals surface area contributed by atoms with Gasteiger partial charge in [-0.1, -0.05) is 19.9 Å². The van der Waals surface area contributed by atoms with Gasteiger partial charge in [0.1, 0.15) is 16.9 Å². The zero-order valence-electron chi connectivity index (χ0n) is 31.6. The van der Waals surface area contributed by atoms with Crippen molar-refractivity contribution in [3.8, 4) is 16.5 Å². The van der Waals surface area contributed by atoms with Crippen molar-refractivity contribution in [3.05, 3.63) is 58.2 Å². The summed E-state index contributed by atoms with van der Waals surface area (Å²) in [5.74, 6) is 1.31. The van der Waals surface area contributed by atoms with Crippen molar-refractivity contribution in [3.63, 3.8) is 0 Å². The highest BCUT2D eigenvalue weighted by atomic mass is 32.2. The Morgan fingerprint density at radius 3 is 2.44 bits per heavy atom. The largest absolute Gasteiger partial charge is 0.497 e. The van der Waals surface area contributed by atoms with Crippen LogP contribution in [0.4, 0.5) is 0 Å². The van der Waals surface area contributed by atoms with Crippen molar-refractivity contribution < 1.29 is 23.9 Å². The quantitative estimate of drug-likeness (QED) is 0.0670. The van der Waals surface area contributed by atoms with Gasteiger partial charge in [-0.3, -0.25) is 19.2 Å². The van der Waals surface area contributed by atoms with E-state index in [-0.39, 0.29) is 23.3 Å². The molecule has 0 radical (unpaired) electrons. The van der Waals surface area contributed by atoms with E-state index in [1.807, 2.05) is 29.3 Å². The molecule has 3 N–H and O–H groups in total. The number of pyridine rings is 1. The number of hydrogen-bond donors (Lipinski definition) is 3. The van der Waals surface area contributed by atoms with Crippen LogP contribution in [0.15, 0.2) is 47.1 Å². The first-order chi connectivity index (χ1) is 25.0. The number of rotatable bonds is 14. The Balaban J connectivity index is 0.000000208. The van der Waals surface area contributed by atoms with E-state index in [1.54, 1.807) is 48.6 Å². The molecule has 2 aromatic heterocycles. The number of amides is 3. The number of hydrogen-bond acceptors (Lipinski definition) is 9. The van der Waals surface area contributed by atoms with E-state index in [0.29, 0.717) is 30.0 Å². The second-order valence-electron chi connectivity index (χ2n) is 13.5. The molecule has 13 heteroatoms. The van der Waals surface area contributed by atoms with Gasteiger partial charge in [0.2, 0.25) is 12.3 Å². The van der Waals surface area contributed by atoms with Crippen LogP contribution in [-0.4, -0.2) is 76.8 Å². The van der Waals surface area contributed by atoms with Crippen molar-refractivity contribution >= 4 is 52.4 Å². The van der Waals surface area contributed by atoms with E-state index in [2.05, 4.69) is 47.4 Å². The normalized spacial score (nSPS) is 16.7. The van der Waals surface area contributed by atoms with E-state index >= 15 is 0 Å². The van der Waals surface area contributed by atoms with Crippen LogP contribution in [0.3, 0.4) is 0 Å². The van der Waals surface area contributed by atoms with E-state index in [4.69, 9.17) is 9.47 Å². The molecule has 3 heterocycles. The summed E-state index contributed by atoms with van der Waals surface area (Å²) in [6, 6.07) is 7.92. The third kappa shape index (κ3) is 15.1. The molecule has 0 spiro atoms.